The highest BCUT2D eigenvalue weighted by Crippen LogP contribution is 2.44. The summed E-state index contributed by atoms with van der Waals surface area (Å²) in [5, 5.41) is 40.1. The first-order chi connectivity index (χ1) is 51.8. The van der Waals surface area contributed by atoms with Crippen LogP contribution in [0.15, 0.2) is 48.5 Å². The van der Waals surface area contributed by atoms with Crippen LogP contribution in [-0.2, 0) is 79.7 Å². The first kappa shape index (κ1) is 99.3. The molecule has 28 nitrogen and oxygen atoms in total. The monoisotopic (exact) mass is 1800 g/mol. The van der Waals surface area contributed by atoms with Crippen LogP contribution < -0.4 is 48.7 Å². The molecule has 0 spiro atoms. The van der Waals surface area contributed by atoms with Crippen molar-refractivity contribution in [3.05, 3.63) is 66.8 Å². The van der Waals surface area contributed by atoms with Gasteiger partial charge in [0.05, 0.1) is 0 Å². The third-order valence-corrected chi connectivity index (χ3v) is 21.3. The first-order valence-electron chi connectivity index (χ1n) is 39.4. The number of carbonyl (C=O) groups is 12. The maximum atomic E-state index is 14.3. The molecule has 6 atom stereocenters. The predicted octanol–water partition coefficient (Wildman–Crippen LogP) is 10.8. The van der Waals surface area contributed by atoms with Crippen LogP contribution in [0, 0.1) is 36.2 Å². The van der Waals surface area contributed by atoms with Crippen LogP contribution in [0.5, 0.6) is 0 Å². The summed E-state index contributed by atoms with van der Waals surface area (Å²) in [6.07, 6.45) is 7.90. The fourth-order valence-corrected chi connectivity index (χ4v) is 14.7. The molecule has 0 radical (unpaired) electrons. The van der Waals surface area contributed by atoms with Gasteiger partial charge in [0.25, 0.3) is 0 Å². The molecule has 112 heavy (non-hydrogen) atoms. The van der Waals surface area contributed by atoms with Crippen molar-refractivity contribution < 1.29 is 86.7 Å². The standard InChI is InChI=1S/2C41H66IN5O9/c1-38(2,3)41(36(53)54,22-21-32(48)49)47(39(4,5)6)37(55)46-30(35(52)56-40(7,8)9)16-12-13-23-44-34(51)31(24-28-14-10-11-15-29(28)42)45-33(50)27-19-17-26(25-43)18-20-27;1-39(2,3)54-33(48)22-21-31(37(52)56-41(7,8)9)47-38(53)46-30(36(51)55-40(4,5)6)16-12-13-23-44-35(50)32(24-28-14-10-11-15-29(28)42)45-34(49)27-19-17-26(25-43)18-20-27/h10-11,14-15,26-27,30-31H,12-13,16-25,43H2,1-9H3,(H,44,51)(H,45,50)(H,46,55)(H,48,49)(H,53,54);10-11,14-15,26-27,30-32H,12-13,16-25,43H2,1-9H3,(H,44,50)(H,45,49)(H2,46,47,53)/t26?,27?,30-,31-,41-;26?,27?,30-,31-,32-/m00/s1. The Labute approximate surface area is 691 Å². The second-order valence-electron chi connectivity index (χ2n) is 35.5. The van der Waals surface area contributed by atoms with E-state index in [0.717, 1.165) is 74.5 Å². The summed E-state index contributed by atoms with van der Waals surface area (Å²) < 4.78 is 24.1. The second kappa shape index (κ2) is 45.4. The number of halogens is 2. The lowest BCUT2D eigenvalue weighted by molar-refractivity contribution is -0.165. The van der Waals surface area contributed by atoms with Crippen LogP contribution in [0.4, 0.5) is 9.59 Å². The van der Waals surface area contributed by atoms with Crippen molar-refractivity contribution >= 4 is 117 Å². The molecule has 0 aliphatic heterocycles. The van der Waals surface area contributed by atoms with Crippen molar-refractivity contribution in [2.45, 2.75) is 317 Å². The van der Waals surface area contributed by atoms with E-state index in [2.05, 4.69) is 82.4 Å². The average molecular weight is 1800 g/mol. The number of benzene rings is 2. The van der Waals surface area contributed by atoms with Gasteiger partial charge in [-0.05, 0) is 305 Å². The van der Waals surface area contributed by atoms with Gasteiger partial charge in [0.15, 0.2) is 0 Å². The van der Waals surface area contributed by atoms with Gasteiger partial charge in [-0.15, -0.1) is 0 Å². The molecule has 632 valence electrons. The topological polar surface area (TPSA) is 422 Å². The minimum Gasteiger partial charge on any atom is -0.481 e. The van der Waals surface area contributed by atoms with Crippen molar-refractivity contribution in [3.8, 4) is 0 Å². The molecule has 2 aromatic carbocycles. The van der Waals surface area contributed by atoms with E-state index in [4.69, 9.17) is 30.4 Å². The smallest absolute Gasteiger partial charge is 0.330 e. The van der Waals surface area contributed by atoms with Gasteiger partial charge in [0, 0.05) is 63.3 Å². The van der Waals surface area contributed by atoms with Gasteiger partial charge in [-0.25, -0.2) is 28.8 Å². The van der Waals surface area contributed by atoms with Gasteiger partial charge >= 0.3 is 47.9 Å². The summed E-state index contributed by atoms with van der Waals surface area (Å²) in [6.45, 7) is 32.0. The molecule has 0 saturated heterocycles. The van der Waals surface area contributed by atoms with Crippen LogP contribution in [0.3, 0.4) is 0 Å². The number of nitrogens with zero attached hydrogens (tertiary/aromatic N) is 1. The molecule has 30 heteroatoms. The normalized spacial score (nSPS) is 18.1. The molecule has 2 aliphatic rings. The zero-order valence-corrected chi connectivity index (χ0v) is 73.9. The number of ether oxygens (including phenoxy) is 4. The van der Waals surface area contributed by atoms with E-state index in [0.29, 0.717) is 63.5 Å². The summed E-state index contributed by atoms with van der Waals surface area (Å²) >= 11 is 4.44. The highest BCUT2D eigenvalue weighted by atomic mass is 127. The quantitative estimate of drug-likeness (QED) is 0.0131. The number of hydrogen-bond acceptors (Lipinski definition) is 18. The lowest BCUT2D eigenvalue weighted by Gasteiger charge is -2.54. The Bertz CT molecular complexity index is 3450. The zero-order chi connectivity index (χ0) is 84.9. The molecule has 2 fully saturated rings. The molecule has 0 aromatic heterocycles. The Morgan fingerprint density at radius 1 is 0.464 bits per heavy atom. The highest BCUT2D eigenvalue weighted by Gasteiger charge is 2.58. The molecule has 8 amide bonds. The maximum Gasteiger partial charge on any atom is 0.330 e. The number of carboxylic acids is 2. The molecular formula is C82H132I2N10O18. The van der Waals surface area contributed by atoms with Gasteiger partial charge in [0.1, 0.15) is 58.2 Å². The van der Waals surface area contributed by atoms with Crippen LogP contribution in [-0.4, -0.2) is 176 Å². The number of unbranched alkanes of at least 4 members (excludes halogenated alkanes) is 2. The number of aliphatic carboxylic acids is 2. The maximum absolute atomic E-state index is 14.3. The number of amides is 8. The van der Waals surface area contributed by atoms with E-state index in [1.807, 2.05) is 48.5 Å². The van der Waals surface area contributed by atoms with Crippen LogP contribution in [0.1, 0.15) is 251 Å². The van der Waals surface area contributed by atoms with E-state index >= 15 is 0 Å². The van der Waals surface area contributed by atoms with Crippen molar-refractivity contribution in [1.82, 2.24) is 42.1 Å². The molecule has 4 rings (SSSR count). The van der Waals surface area contributed by atoms with Gasteiger partial charge in [0.2, 0.25) is 23.6 Å². The fourth-order valence-electron chi connectivity index (χ4n) is 13.5. The number of nitrogens with two attached hydrogens (primary N) is 2. The van der Waals surface area contributed by atoms with Crippen molar-refractivity contribution in [2.24, 2.45) is 40.6 Å². The number of hydrogen-bond donors (Lipinski definition) is 11. The zero-order valence-electron chi connectivity index (χ0n) is 69.6. The Kier molecular flexibility index (Phi) is 40.2. The van der Waals surface area contributed by atoms with Crippen LogP contribution in [0.25, 0.3) is 0 Å². The lowest BCUT2D eigenvalue weighted by Crippen LogP contribution is -2.71. The number of carboxylic acid groups (broad SMARTS) is 2. The van der Waals surface area contributed by atoms with E-state index < -0.39 is 123 Å². The number of carbonyl (C=O) groups excluding carboxylic acids is 10. The average Bonchev–Trinajstić information content (AvgIpc) is 0.735. The summed E-state index contributed by atoms with van der Waals surface area (Å²) in [4.78, 5) is 160. The molecule has 0 bridgehead atoms. The van der Waals surface area contributed by atoms with Crippen molar-refractivity contribution in [2.75, 3.05) is 26.2 Å². The summed E-state index contributed by atoms with van der Waals surface area (Å²) in [6, 6.07) is 8.67. The van der Waals surface area contributed by atoms with Gasteiger partial charge in [-0.3, -0.25) is 28.8 Å². The molecular weight excluding hydrogens is 1670 g/mol. The van der Waals surface area contributed by atoms with Crippen LogP contribution >= 0.6 is 45.2 Å². The van der Waals surface area contributed by atoms with Gasteiger partial charge in [-0.2, -0.15) is 0 Å². The van der Waals surface area contributed by atoms with Crippen LogP contribution in [0.2, 0.25) is 0 Å². The Morgan fingerprint density at radius 2 is 0.821 bits per heavy atom. The number of rotatable bonds is 36. The molecule has 0 heterocycles. The van der Waals surface area contributed by atoms with Gasteiger partial charge < -0.3 is 82.7 Å². The number of nitrogens with one attached hydrogen (secondary N) is 7. The molecule has 0 unspecified atom stereocenters. The van der Waals surface area contributed by atoms with E-state index in [1.54, 1.807) is 125 Å². The lowest BCUT2D eigenvalue weighted by atomic mass is 9.68. The summed E-state index contributed by atoms with van der Waals surface area (Å²) in [5.74, 6) is -5.66. The van der Waals surface area contributed by atoms with E-state index in [-0.39, 0.29) is 80.7 Å². The van der Waals surface area contributed by atoms with E-state index in [9.17, 15) is 67.7 Å². The largest absolute Gasteiger partial charge is 0.481 e. The Balaban J connectivity index is 0.000000580. The Morgan fingerprint density at radius 3 is 1.14 bits per heavy atom. The highest BCUT2D eigenvalue weighted by molar-refractivity contribution is 14.1. The third kappa shape index (κ3) is 35.8. The molecule has 2 aliphatic carbocycles. The SMILES string of the molecule is CC(C)(C)OC(=O)CC[C@H](NC(=O)N[C@@H](CCCCNC(=O)[C@H](Cc1ccccc1I)NC(=O)C1CCC(CN)CC1)C(=O)OC(C)(C)C)C(=O)OC(C)(C)C.CC(C)(C)OC(=O)[C@H](CCCCNC(=O)[C@H](Cc1ccccc1I)NC(=O)C1CCC(CN)CC1)NC(=O)N(C(C)(C)C)[C@@](CCC(=O)O)(C(=O)O)C(C)(C)C. The third-order valence-electron chi connectivity index (χ3n) is 19.2. The molecule has 2 aromatic rings. The first-order valence-corrected chi connectivity index (χ1v) is 41.5. The van der Waals surface area contributed by atoms with Gasteiger partial charge in [-0.1, -0.05) is 57.2 Å². The fraction of sp³-hybridized carbons (Fsp3) is 0.707. The summed E-state index contributed by atoms with van der Waals surface area (Å²) in [7, 11) is 0. The molecule has 2 saturated carbocycles. The minimum absolute atomic E-state index is 0.0890. The Hall–Kier alpha value is -6.94. The molecule has 13 N–H and O–H groups in total. The number of esters is 4. The van der Waals surface area contributed by atoms with E-state index in [1.165, 1.54) is 0 Å². The van der Waals surface area contributed by atoms with Crippen molar-refractivity contribution in [3.63, 3.8) is 0 Å². The number of urea groups is 2. The van der Waals surface area contributed by atoms with Crippen molar-refractivity contribution in [1.29, 1.82) is 0 Å². The second-order valence-corrected chi connectivity index (χ2v) is 37.8. The predicted molar refractivity (Wildman–Crippen MR) is 445 cm³/mol. The summed E-state index contributed by atoms with van der Waals surface area (Å²) in [5.41, 5.74) is 6.03. The minimum atomic E-state index is -1.97.